The van der Waals surface area contributed by atoms with Crippen LogP contribution in [0.2, 0.25) is 0 Å². The van der Waals surface area contributed by atoms with E-state index in [1.165, 1.54) is 11.3 Å². The monoisotopic (exact) mass is 260 g/mol. The number of aromatic nitrogens is 4. The zero-order valence-electron chi connectivity index (χ0n) is 10.1. The second-order valence-corrected chi connectivity index (χ2v) is 5.06. The van der Waals surface area contributed by atoms with Crippen LogP contribution in [0, 0.1) is 13.8 Å². The number of hydrogen-bond donors (Lipinski definition) is 0. The molecule has 0 aromatic carbocycles. The molecule has 92 valence electrons. The van der Waals surface area contributed by atoms with Crippen LogP contribution in [-0.4, -0.2) is 18.9 Å². The average Bonchev–Trinajstić information content (AvgIpc) is 2.91. The molecule has 0 unspecified atom stereocenters. The zero-order valence-corrected chi connectivity index (χ0v) is 10.9. The molecule has 5 nitrogen and oxygen atoms in total. The van der Waals surface area contributed by atoms with Gasteiger partial charge in [0.2, 0.25) is 0 Å². The van der Waals surface area contributed by atoms with Gasteiger partial charge in [0.05, 0.1) is 24.3 Å². The summed E-state index contributed by atoms with van der Waals surface area (Å²) < 4.78 is 3.56. The molecule has 0 aliphatic rings. The highest BCUT2D eigenvalue weighted by molar-refractivity contribution is 7.15. The van der Waals surface area contributed by atoms with Crippen LogP contribution in [0.4, 0.5) is 0 Å². The molecule has 0 radical (unpaired) electrons. The maximum absolute atomic E-state index is 11.8. The van der Waals surface area contributed by atoms with Crippen LogP contribution in [0.5, 0.6) is 0 Å². The molecule has 0 saturated carbocycles. The number of hydrogen-bond acceptors (Lipinski definition) is 4. The maximum atomic E-state index is 11.8. The molecule has 3 aromatic rings. The van der Waals surface area contributed by atoms with Crippen molar-refractivity contribution < 1.29 is 0 Å². The first-order valence-electron chi connectivity index (χ1n) is 5.59. The first-order valence-corrected chi connectivity index (χ1v) is 6.47. The van der Waals surface area contributed by atoms with Gasteiger partial charge >= 0.3 is 0 Å². The lowest BCUT2D eigenvalue weighted by Gasteiger charge is -2.04. The number of fused-ring (bicyclic) bond motifs is 1. The molecule has 0 saturated heterocycles. The Labute approximate surface area is 107 Å². The molecule has 0 aliphatic carbocycles. The summed E-state index contributed by atoms with van der Waals surface area (Å²) in [5, 5.41) is 1.86. The summed E-state index contributed by atoms with van der Waals surface area (Å²) in [6.45, 7) is 4.56. The highest BCUT2D eigenvalue weighted by Gasteiger charge is 2.06. The van der Waals surface area contributed by atoms with E-state index in [4.69, 9.17) is 0 Å². The quantitative estimate of drug-likeness (QED) is 0.703. The minimum absolute atomic E-state index is 0.0364. The lowest BCUT2D eigenvalue weighted by Crippen LogP contribution is -2.14. The molecule has 0 bridgehead atoms. The Bertz CT molecular complexity index is 768. The molecule has 3 heterocycles. The SMILES string of the molecule is Cc1ncn(Cc2cc(=O)n3ccsc3n2)c1C. The normalized spacial score (nSPS) is 11.2. The van der Waals surface area contributed by atoms with Gasteiger partial charge < -0.3 is 4.57 Å². The Morgan fingerprint density at radius 2 is 2.22 bits per heavy atom. The predicted octanol–water partition coefficient (Wildman–Crippen LogP) is 1.62. The van der Waals surface area contributed by atoms with Crippen molar-refractivity contribution in [2.45, 2.75) is 20.4 Å². The summed E-state index contributed by atoms with van der Waals surface area (Å²) >= 11 is 1.46. The summed E-state index contributed by atoms with van der Waals surface area (Å²) in [7, 11) is 0. The van der Waals surface area contributed by atoms with Gasteiger partial charge in [0.15, 0.2) is 4.96 Å². The number of imidazole rings is 1. The van der Waals surface area contributed by atoms with Crippen LogP contribution in [-0.2, 0) is 6.54 Å². The van der Waals surface area contributed by atoms with E-state index in [9.17, 15) is 4.79 Å². The first kappa shape index (κ1) is 11.2. The molecule has 0 fully saturated rings. The molecule has 0 N–H and O–H groups in total. The Morgan fingerprint density at radius 1 is 1.39 bits per heavy atom. The summed E-state index contributed by atoms with van der Waals surface area (Å²) in [5.74, 6) is 0. The van der Waals surface area contributed by atoms with E-state index in [2.05, 4.69) is 9.97 Å². The van der Waals surface area contributed by atoms with Crippen molar-refractivity contribution in [1.82, 2.24) is 18.9 Å². The van der Waals surface area contributed by atoms with E-state index in [0.717, 1.165) is 22.0 Å². The minimum Gasteiger partial charge on any atom is -0.329 e. The topological polar surface area (TPSA) is 52.2 Å². The minimum atomic E-state index is -0.0364. The maximum Gasteiger partial charge on any atom is 0.258 e. The molecule has 0 aliphatic heterocycles. The Balaban J connectivity index is 2.05. The van der Waals surface area contributed by atoms with Gasteiger partial charge in [0.1, 0.15) is 0 Å². The van der Waals surface area contributed by atoms with Gasteiger partial charge in [-0.3, -0.25) is 9.20 Å². The average molecular weight is 260 g/mol. The fourth-order valence-electron chi connectivity index (χ4n) is 1.85. The molecule has 3 rings (SSSR count). The van der Waals surface area contributed by atoms with E-state index in [1.807, 2.05) is 23.8 Å². The zero-order chi connectivity index (χ0) is 12.7. The molecule has 6 heteroatoms. The predicted molar refractivity (Wildman–Crippen MR) is 70.1 cm³/mol. The van der Waals surface area contributed by atoms with Crippen molar-refractivity contribution in [3.8, 4) is 0 Å². The van der Waals surface area contributed by atoms with Gasteiger partial charge in [-0.15, -0.1) is 11.3 Å². The van der Waals surface area contributed by atoms with Gasteiger partial charge in [0, 0.05) is 23.3 Å². The van der Waals surface area contributed by atoms with Gasteiger partial charge in [-0.1, -0.05) is 0 Å². The summed E-state index contributed by atoms with van der Waals surface area (Å²) in [4.78, 5) is 21.3. The van der Waals surface area contributed by atoms with Crippen molar-refractivity contribution in [2.24, 2.45) is 0 Å². The van der Waals surface area contributed by atoms with Crippen LogP contribution >= 0.6 is 11.3 Å². The van der Waals surface area contributed by atoms with E-state index in [0.29, 0.717) is 6.54 Å². The smallest absolute Gasteiger partial charge is 0.258 e. The molecular formula is C12H12N4OS. The van der Waals surface area contributed by atoms with Gasteiger partial charge in [0.25, 0.3) is 5.56 Å². The summed E-state index contributed by atoms with van der Waals surface area (Å²) in [6, 6.07) is 1.58. The van der Waals surface area contributed by atoms with Crippen molar-refractivity contribution in [2.75, 3.05) is 0 Å². The summed E-state index contributed by atoms with van der Waals surface area (Å²) in [6.07, 6.45) is 3.52. The lowest BCUT2D eigenvalue weighted by molar-refractivity contribution is 0.745. The van der Waals surface area contributed by atoms with E-state index >= 15 is 0 Å². The van der Waals surface area contributed by atoms with E-state index < -0.39 is 0 Å². The highest BCUT2D eigenvalue weighted by atomic mass is 32.1. The number of rotatable bonds is 2. The third kappa shape index (κ3) is 1.74. The number of thiazole rings is 1. The second kappa shape index (κ2) is 4.06. The van der Waals surface area contributed by atoms with Crippen molar-refractivity contribution >= 4 is 16.3 Å². The molecular weight excluding hydrogens is 248 g/mol. The Morgan fingerprint density at radius 3 is 2.94 bits per heavy atom. The molecule has 18 heavy (non-hydrogen) atoms. The van der Waals surface area contributed by atoms with Crippen LogP contribution in [0.25, 0.3) is 4.96 Å². The van der Waals surface area contributed by atoms with Crippen LogP contribution in [0.3, 0.4) is 0 Å². The first-order chi connectivity index (χ1) is 8.65. The fourth-order valence-corrected chi connectivity index (χ4v) is 2.59. The van der Waals surface area contributed by atoms with Crippen LogP contribution in [0.1, 0.15) is 17.1 Å². The Kier molecular flexibility index (Phi) is 2.52. The van der Waals surface area contributed by atoms with Crippen molar-refractivity contribution in [1.29, 1.82) is 0 Å². The van der Waals surface area contributed by atoms with Crippen molar-refractivity contribution in [3.63, 3.8) is 0 Å². The lowest BCUT2D eigenvalue weighted by atomic mass is 10.3. The molecule has 3 aromatic heterocycles. The Hall–Kier alpha value is -1.95. The van der Waals surface area contributed by atoms with Gasteiger partial charge in [-0.2, -0.15) is 0 Å². The van der Waals surface area contributed by atoms with Crippen LogP contribution < -0.4 is 5.56 Å². The second-order valence-electron chi connectivity index (χ2n) is 4.18. The molecule has 0 atom stereocenters. The largest absolute Gasteiger partial charge is 0.329 e. The molecule has 0 spiro atoms. The molecule has 0 amide bonds. The number of nitrogens with zero attached hydrogens (tertiary/aromatic N) is 4. The van der Waals surface area contributed by atoms with Crippen LogP contribution in [0.15, 0.2) is 28.8 Å². The van der Waals surface area contributed by atoms with Gasteiger partial charge in [-0.25, -0.2) is 9.97 Å². The van der Waals surface area contributed by atoms with E-state index in [1.54, 1.807) is 23.0 Å². The third-order valence-electron chi connectivity index (χ3n) is 3.03. The standard InChI is InChI=1S/C12H12N4OS/c1-8-9(2)15(7-13-8)6-10-5-11(17)16-3-4-18-12(16)14-10/h3-5,7H,6H2,1-2H3. The van der Waals surface area contributed by atoms with Crippen molar-refractivity contribution in [3.05, 3.63) is 51.4 Å². The fraction of sp³-hybridized carbons (Fsp3) is 0.250. The summed E-state index contributed by atoms with van der Waals surface area (Å²) in [5.41, 5.74) is 2.83. The van der Waals surface area contributed by atoms with Gasteiger partial charge in [-0.05, 0) is 13.8 Å². The van der Waals surface area contributed by atoms with E-state index in [-0.39, 0.29) is 5.56 Å². The number of aryl methyl sites for hydroxylation is 1. The highest BCUT2D eigenvalue weighted by Crippen LogP contribution is 2.10. The third-order valence-corrected chi connectivity index (χ3v) is 3.79.